The van der Waals surface area contributed by atoms with Crippen molar-refractivity contribution in [1.82, 2.24) is 24.1 Å². The highest BCUT2D eigenvalue weighted by Crippen LogP contribution is 2.33. The van der Waals surface area contributed by atoms with Crippen LogP contribution >= 0.6 is 0 Å². The van der Waals surface area contributed by atoms with E-state index in [0.717, 1.165) is 12.1 Å². The fourth-order valence-electron chi connectivity index (χ4n) is 3.16. The number of rotatable bonds is 4. The summed E-state index contributed by atoms with van der Waals surface area (Å²) < 4.78 is 56.9. The maximum absolute atomic E-state index is 14.3. The zero-order chi connectivity index (χ0) is 19.9. The predicted molar refractivity (Wildman–Crippen MR) is 94.9 cm³/mol. The van der Waals surface area contributed by atoms with Crippen LogP contribution in [-0.4, -0.2) is 24.1 Å². The van der Waals surface area contributed by atoms with Crippen molar-refractivity contribution < 1.29 is 17.6 Å². The Morgan fingerprint density at radius 1 is 1.07 bits per heavy atom. The molecule has 4 aromatic rings. The molecule has 0 N–H and O–H groups in total. The van der Waals surface area contributed by atoms with Gasteiger partial charge in [0.2, 0.25) is 0 Å². The number of aromatic nitrogens is 5. The van der Waals surface area contributed by atoms with E-state index in [4.69, 9.17) is 0 Å². The number of aryl methyl sites for hydroxylation is 1. The Hall–Kier alpha value is -3.23. The van der Waals surface area contributed by atoms with Gasteiger partial charge in [-0.25, -0.2) is 19.3 Å². The predicted octanol–water partition coefficient (Wildman–Crippen LogP) is 4.52. The van der Waals surface area contributed by atoms with E-state index in [1.165, 1.54) is 6.20 Å². The zero-order valence-corrected chi connectivity index (χ0v) is 14.8. The zero-order valence-electron chi connectivity index (χ0n) is 14.8. The lowest BCUT2D eigenvalue weighted by Crippen LogP contribution is -2.10. The first-order chi connectivity index (χ1) is 13.4. The van der Waals surface area contributed by atoms with Crippen molar-refractivity contribution >= 4 is 11.2 Å². The minimum Gasteiger partial charge on any atom is -0.323 e. The average Bonchev–Trinajstić information content (AvgIpc) is 3.25. The highest BCUT2D eigenvalue weighted by molar-refractivity contribution is 5.71. The van der Waals surface area contributed by atoms with Crippen LogP contribution in [0.1, 0.15) is 18.3 Å². The van der Waals surface area contributed by atoms with Gasteiger partial charge in [-0.1, -0.05) is 0 Å². The van der Waals surface area contributed by atoms with Crippen LogP contribution in [-0.2, 0) is 19.3 Å². The third kappa shape index (κ3) is 3.12. The highest BCUT2D eigenvalue weighted by Gasteiger charge is 2.31. The van der Waals surface area contributed by atoms with E-state index >= 15 is 0 Å². The van der Waals surface area contributed by atoms with Gasteiger partial charge in [0.1, 0.15) is 23.0 Å². The number of benzene rings is 1. The Kier molecular flexibility index (Phi) is 4.37. The van der Waals surface area contributed by atoms with Gasteiger partial charge in [-0.05, 0) is 37.3 Å². The maximum Gasteiger partial charge on any atom is 0.416 e. The van der Waals surface area contributed by atoms with Gasteiger partial charge in [0.25, 0.3) is 0 Å². The normalized spacial score (nSPS) is 12.0. The van der Waals surface area contributed by atoms with Gasteiger partial charge in [-0.3, -0.25) is 0 Å². The second-order valence-electron chi connectivity index (χ2n) is 6.19. The first kappa shape index (κ1) is 18.1. The summed E-state index contributed by atoms with van der Waals surface area (Å²) >= 11 is 0. The molecule has 0 aliphatic rings. The number of alkyl halides is 3. The van der Waals surface area contributed by atoms with Crippen LogP contribution in [0.4, 0.5) is 17.6 Å². The summed E-state index contributed by atoms with van der Waals surface area (Å²) in [7, 11) is 0. The standard InChI is InChI=1S/C19H15F4N5/c1-2-28-16(26-15-4-3-7-24-18(15)28)11-27-9-8-25-17(27)13-10-12(19(21,22)23)5-6-14(13)20/h3-10H,2,11H2,1H3. The van der Waals surface area contributed by atoms with Gasteiger partial charge in [0.15, 0.2) is 5.65 Å². The van der Waals surface area contributed by atoms with E-state index in [1.54, 1.807) is 23.0 Å². The average molecular weight is 389 g/mol. The summed E-state index contributed by atoms with van der Waals surface area (Å²) in [6.07, 6.45) is 0.108. The first-order valence-corrected chi connectivity index (χ1v) is 8.57. The molecule has 0 fully saturated rings. The monoisotopic (exact) mass is 389 g/mol. The van der Waals surface area contributed by atoms with Crippen LogP contribution in [0.15, 0.2) is 48.9 Å². The fourth-order valence-corrected chi connectivity index (χ4v) is 3.16. The van der Waals surface area contributed by atoms with Gasteiger partial charge >= 0.3 is 6.18 Å². The van der Waals surface area contributed by atoms with Crippen molar-refractivity contribution in [2.75, 3.05) is 0 Å². The summed E-state index contributed by atoms with van der Waals surface area (Å²) in [4.78, 5) is 13.0. The topological polar surface area (TPSA) is 48.5 Å². The SMILES string of the molecule is CCn1c(Cn2ccnc2-c2cc(C(F)(F)F)ccc2F)nc2cccnc21. The summed E-state index contributed by atoms with van der Waals surface area (Å²) in [6.45, 7) is 2.78. The lowest BCUT2D eigenvalue weighted by molar-refractivity contribution is -0.137. The molecule has 0 aliphatic heterocycles. The van der Waals surface area contributed by atoms with Gasteiger partial charge < -0.3 is 9.13 Å². The van der Waals surface area contributed by atoms with E-state index in [0.29, 0.717) is 29.6 Å². The molecule has 0 aliphatic carbocycles. The molecule has 1 aromatic carbocycles. The van der Waals surface area contributed by atoms with Crippen molar-refractivity contribution in [3.05, 3.63) is 66.1 Å². The fraction of sp³-hybridized carbons (Fsp3) is 0.211. The van der Waals surface area contributed by atoms with Crippen LogP contribution in [0.2, 0.25) is 0 Å². The number of halogens is 4. The lowest BCUT2D eigenvalue weighted by Gasteiger charge is -2.12. The summed E-state index contributed by atoms with van der Waals surface area (Å²) in [5, 5.41) is 0. The Morgan fingerprint density at radius 2 is 1.89 bits per heavy atom. The van der Waals surface area contributed by atoms with E-state index in [-0.39, 0.29) is 17.9 Å². The van der Waals surface area contributed by atoms with Gasteiger partial charge in [0.05, 0.1) is 17.7 Å². The number of hydrogen-bond acceptors (Lipinski definition) is 3. The second-order valence-corrected chi connectivity index (χ2v) is 6.19. The van der Waals surface area contributed by atoms with E-state index in [1.807, 2.05) is 17.6 Å². The van der Waals surface area contributed by atoms with Crippen LogP contribution < -0.4 is 0 Å². The molecule has 9 heteroatoms. The Labute approximate surface area is 157 Å². The third-order valence-corrected chi connectivity index (χ3v) is 4.46. The van der Waals surface area contributed by atoms with Crippen LogP contribution in [0.25, 0.3) is 22.6 Å². The third-order valence-electron chi connectivity index (χ3n) is 4.46. The van der Waals surface area contributed by atoms with Gasteiger partial charge in [-0.15, -0.1) is 0 Å². The second kappa shape index (κ2) is 6.74. The van der Waals surface area contributed by atoms with E-state index in [9.17, 15) is 17.6 Å². The Morgan fingerprint density at radius 3 is 2.64 bits per heavy atom. The molecule has 3 heterocycles. The van der Waals surface area contributed by atoms with Crippen LogP contribution in [0.3, 0.4) is 0 Å². The highest BCUT2D eigenvalue weighted by atomic mass is 19.4. The Balaban J connectivity index is 1.78. The van der Waals surface area contributed by atoms with Crippen LogP contribution in [0.5, 0.6) is 0 Å². The number of nitrogens with zero attached hydrogens (tertiary/aromatic N) is 5. The molecule has 0 bridgehead atoms. The minimum atomic E-state index is -4.57. The molecule has 144 valence electrons. The van der Waals surface area contributed by atoms with E-state index < -0.39 is 17.6 Å². The first-order valence-electron chi connectivity index (χ1n) is 8.57. The molecule has 4 rings (SSSR count). The molecule has 0 saturated carbocycles. The molecule has 0 saturated heterocycles. The van der Waals surface area contributed by atoms with E-state index in [2.05, 4.69) is 15.0 Å². The maximum atomic E-state index is 14.3. The van der Waals surface area contributed by atoms with Crippen molar-refractivity contribution in [2.45, 2.75) is 26.2 Å². The number of pyridine rings is 1. The summed E-state index contributed by atoms with van der Waals surface area (Å²) in [5.74, 6) is -0.0137. The van der Waals surface area contributed by atoms with Crippen LogP contribution in [0, 0.1) is 5.82 Å². The smallest absolute Gasteiger partial charge is 0.323 e. The molecule has 0 amide bonds. The molecule has 0 spiro atoms. The molecule has 28 heavy (non-hydrogen) atoms. The molecular formula is C19H15F4N5. The molecular weight excluding hydrogens is 374 g/mol. The number of imidazole rings is 2. The molecule has 0 unspecified atom stereocenters. The lowest BCUT2D eigenvalue weighted by atomic mass is 10.1. The quantitative estimate of drug-likeness (QED) is 0.482. The van der Waals surface area contributed by atoms with Crippen molar-refractivity contribution in [3.63, 3.8) is 0 Å². The van der Waals surface area contributed by atoms with Gasteiger partial charge in [0, 0.05) is 25.1 Å². The largest absolute Gasteiger partial charge is 0.416 e. The number of hydrogen-bond donors (Lipinski definition) is 0. The van der Waals surface area contributed by atoms with Gasteiger partial charge in [-0.2, -0.15) is 13.2 Å². The number of fused-ring (bicyclic) bond motifs is 1. The minimum absolute atomic E-state index is 0.103. The molecule has 0 atom stereocenters. The summed E-state index contributed by atoms with van der Waals surface area (Å²) in [6, 6.07) is 5.91. The van der Waals surface area contributed by atoms with Crippen molar-refractivity contribution in [3.8, 4) is 11.4 Å². The molecule has 0 radical (unpaired) electrons. The molecule has 3 aromatic heterocycles. The van der Waals surface area contributed by atoms with Crippen molar-refractivity contribution in [1.29, 1.82) is 0 Å². The van der Waals surface area contributed by atoms with Crippen molar-refractivity contribution in [2.24, 2.45) is 0 Å². The Bertz CT molecular complexity index is 1140. The molecule has 5 nitrogen and oxygen atoms in total. The summed E-state index contributed by atoms with van der Waals surface area (Å²) in [5.41, 5.74) is 0.290.